The van der Waals surface area contributed by atoms with E-state index in [9.17, 15) is 22.8 Å². The van der Waals surface area contributed by atoms with Crippen molar-refractivity contribution in [3.05, 3.63) is 35.4 Å². The van der Waals surface area contributed by atoms with Crippen LogP contribution in [0.1, 0.15) is 22.3 Å². The zero-order valence-electron chi connectivity index (χ0n) is 8.75. The first-order chi connectivity index (χ1) is 7.91. The number of ketones is 2. The number of carbonyl (C=O) groups excluding carboxylic acids is 2. The summed E-state index contributed by atoms with van der Waals surface area (Å²) in [6.07, 6.45) is -4.67. The number of rotatable bonds is 1. The summed E-state index contributed by atoms with van der Waals surface area (Å²) in [5, 5.41) is 0. The van der Waals surface area contributed by atoms with Crippen molar-refractivity contribution in [2.75, 3.05) is 0 Å². The molecule has 0 fully saturated rings. The number of carbonyl (C=O) groups is 2. The van der Waals surface area contributed by atoms with E-state index in [0.29, 0.717) is 12.0 Å². The van der Waals surface area contributed by atoms with Gasteiger partial charge in [-0.25, -0.2) is 0 Å². The second-order valence-corrected chi connectivity index (χ2v) is 3.97. The summed E-state index contributed by atoms with van der Waals surface area (Å²) >= 11 is 0. The van der Waals surface area contributed by atoms with E-state index >= 15 is 0 Å². The minimum atomic E-state index is -4.94. The molecule has 1 aliphatic carbocycles. The van der Waals surface area contributed by atoms with Crippen molar-refractivity contribution in [2.45, 2.75) is 19.0 Å². The Labute approximate surface area is 95.4 Å². The van der Waals surface area contributed by atoms with Gasteiger partial charge >= 0.3 is 6.18 Å². The highest BCUT2D eigenvalue weighted by Crippen LogP contribution is 2.31. The molecule has 0 bridgehead atoms. The summed E-state index contributed by atoms with van der Waals surface area (Å²) in [5.74, 6) is -4.21. The maximum atomic E-state index is 12.3. The second kappa shape index (κ2) is 3.98. The summed E-state index contributed by atoms with van der Waals surface area (Å²) < 4.78 is 36.8. The van der Waals surface area contributed by atoms with Crippen molar-refractivity contribution in [1.29, 1.82) is 0 Å². The molecule has 0 amide bonds. The van der Waals surface area contributed by atoms with Gasteiger partial charge in [0.15, 0.2) is 5.78 Å². The Hall–Kier alpha value is -1.65. The summed E-state index contributed by atoms with van der Waals surface area (Å²) in [6, 6.07) is 6.46. The summed E-state index contributed by atoms with van der Waals surface area (Å²) in [5.41, 5.74) is 0.949. The highest BCUT2D eigenvalue weighted by atomic mass is 19.4. The number of aryl methyl sites for hydroxylation is 1. The number of halogens is 3. The van der Waals surface area contributed by atoms with Gasteiger partial charge in [0.05, 0.1) is 5.92 Å². The van der Waals surface area contributed by atoms with Gasteiger partial charge in [0.2, 0.25) is 5.78 Å². The van der Waals surface area contributed by atoms with Crippen LogP contribution in [0.5, 0.6) is 0 Å². The molecule has 0 N–H and O–H groups in total. The van der Waals surface area contributed by atoms with Crippen molar-refractivity contribution in [1.82, 2.24) is 0 Å². The van der Waals surface area contributed by atoms with Crippen LogP contribution in [-0.4, -0.2) is 17.7 Å². The second-order valence-electron chi connectivity index (χ2n) is 3.97. The van der Waals surface area contributed by atoms with Gasteiger partial charge in [-0.2, -0.15) is 13.2 Å². The smallest absolute Gasteiger partial charge is 0.293 e. The van der Waals surface area contributed by atoms with Crippen LogP contribution in [-0.2, 0) is 11.2 Å². The zero-order chi connectivity index (χ0) is 12.6. The van der Waals surface area contributed by atoms with Gasteiger partial charge in [-0.3, -0.25) is 9.59 Å². The molecule has 1 aromatic carbocycles. The van der Waals surface area contributed by atoms with Gasteiger partial charge in [-0.05, 0) is 18.4 Å². The Bertz CT molecular complexity index is 477. The monoisotopic (exact) mass is 242 g/mol. The lowest BCUT2D eigenvalue weighted by Crippen LogP contribution is -2.37. The van der Waals surface area contributed by atoms with Gasteiger partial charge in [-0.1, -0.05) is 24.3 Å². The van der Waals surface area contributed by atoms with Gasteiger partial charge in [0, 0.05) is 5.56 Å². The van der Waals surface area contributed by atoms with E-state index in [1.54, 1.807) is 18.2 Å². The number of alkyl halides is 3. The lowest BCUT2D eigenvalue weighted by Gasteiger charge is -2.22. The minimum absolute atomic E-state index is 0.0613. The van der Waals surface area contributed by atoms with E-state index in [-0.39, 0.29) is 12.0 Å². The SMILES string of the molecule is O=C1c2ccccc2CC[C@H]1C(=O)C(F)(F)F. The summed E-state index contributed by atoms with van der Waals surface area (Å²) in [7, 11) is 0. The minimum Gasteiger partial charge on any atom is -0.293 e. The average Bonchev–Trinajstić information content (AvgIpc) is 2.28. The fraction of sp³-hybridized carbons (Fsp3) is 0.333. The van der Waals surface area contributed by atoms with Crippen LogP contribution in [0.15, 0.2) is 24.3 Å². The van der Waals surface area contributed by atoms with Crippen LogP contribution in [0, 0.1) is 5.92 Å². The van der Waals surface area contributed by atoms with Crippen molar-refractivity contribution in [3.63, 3.8) is 0 Å². The lowest BCUT2D eigenvalue weighted by molar-refractivity contribution is -0.174. The van der Waals surface area contributed by atoms with Crippen LogP contribution >= 0.6 is 0 Å². The van der Waals surface area contributed by atoms with Crippen molar-refractivity contribution in [3.8, 4) is 0 Å². The molecule has 1 aliphatic rings. The molecule has 2 rings (SSSR count). The fourth-order valence-corrected chi connectivity index (χ4v) is 2.05. The van der Waals surface area contributed by atoms with Crippen LogP contribution < -0.4 is 0 Å². The molecule has 1 aromatic rings. The van der Waals surface area contributed by atoms with E-state index in [2.05, 4.69) is 0 Å². The number of benzene rings is 1. The van der Waals surface area contributed by atoms with E-state index in [1.807, 2.05) is 0 Å². The highest BCUT2D eigenvalue weighted by molar-refractivity contribution is 6.13. The normalized spacial score (nSPS) is 19.9. The van der Waals surface area contributed by atoms with E-state index < -0.39 is 23.7 Å². The Morgan fingerprint density at radius 1 is 1.24 bits per heavy atom. The van der Waals surface area contributed by atoms with E-state index in [4.69, 9.17) is 0 Å². The summed E-state index contributed by atoms with van der Waals surface area (Å²) in [4.78, 5) is 22.9. The Balaban J connectivity index is 2.33. The van der Waals surface area contributed by atoms with Crippen molar-refractivity contribution in [2.24, 2.45) is 5.92 Å². The molecule has 5 heteroatoms. The molecule has 2 nitrogen and oxygen atoms in total. The van der Waals surface area contributed by atoms with Gasteiger partial charge < -0.3 is 0 Å². The largest absolute Gasteiger partial charge is 0.450 e. The Kier molecular flexibility index (Phi) is 2.77. The molecular weight excluding hydrogens is 233 g/mol. The average molecular weight is 242 g/mol. The zero-order valence-corrected chi connectivity index (χ0v) is 8.75. The molecule has 0 radical (unpaired) electrons. The molecule has 17 heavy (non-hydrogen) atoms. The number of hydrogen-bond donors (Lipinski definition) is 0. The predicted octanol–water partition coefficient (Wildman–Crippen LogP) is 2.56. The van der Waals surface area contributed by atoms with E-state index in [1.165, 1.54) is 6.07 Å². The molecule has 0 saturated carbocycles. The third-order valence-corrected chi connectivity index (χ3v) is 2.90. The highest BCUT2D eigenvalue weighted by Gasteiger charge is 2.47. The fourth-order valence-electron chi connectivity index (χ4n) is 2.05. The maximum Gasteiger partial charge on any atom is 0.450 e. The molecule has 0 spiro atoms. The molecule has 1 atom stereocenters. The quantitative estimate of drug-likeness (QED) is 0.709. The Morgan fingerprint density at radius 3 is 2.53 bits per heavy atom. The third kappa shape index (κ3) is 2.09. The Morgan fingerprint density at radius 2 is 1.88 bits per heavy atom. The number of Topliss-reactive ketones (excluding diaryl/α,β-unsaturated/α-hetero) is 2. The van der Waals surface area contributed by atoms with Gasteiger partial charge in [0.25, 0.3) is 0 Å². The van der Waals surface area contributed by atoms with E-state index in [0.717, 1.165) is 0 Å². The first-order valence-corrected chi connectivity index (χ1v) is 5.14. The lowest BCUT2D eigenvalue weighted by atomic mass is 9.80. The molecule has 0 unspecified atom stereocenters. The van der Waals surface area contributed by atoms with Crippen LogP contribution in [0.2, 0.25) is 0 Å². The molecule has 0 aromatic heterocycles. The number of fused-ring (bicyclic) bond motifs is 1. The molecule has 90 valence electrons. The maximum absolute atomic E-state index is 12.3. The molecule has 0 aliphatic heterocycles. The first kappa shape index (κ1) is 11.8. The van der Waals surface area contributed by atoms with Crippen LogP contribution in [0.3, 0.4) is 0 Å². The standard InChI is InChI=1S/C12H9F3O2/c13-12(14,15)11(17)9-6-5-7-3-1-2-4-8(7)10(9)16/h1-4,9H,5-6H2/t9-/m1/s1. The predicted molar refractivity (Wildman–Crippen MR) is 53.6 cm³/mol. The van der Waals surface area contributed by atoms with Gasteiger partial charge in [0.1, 0.15) is 0 Å². The number of hydrogen-bond acceptors (Lipinski definition) is 2. The summed E-state index contributed by atoms with van der Waals surface area (Å²) in [6.45, 7) is 0. The third-order valence-electron chi connectivity index (χ3n) is 2.90. The first-order valence-electron chi connectivity index (χ1n) is 5.14. The topological polar surface area (TPSA) is 34.1 Å². The van der Waals surface area contributed by atoms with Crippen LogP contribution in [0.25, 0.3) is 0 Å². The molecular formula is C12H9F3O2. The van der Waals surface area contributed by atoms with Crippen LogP contribution in [0.4, 0.5) is 13.2 Å². The van der Waals surface area contributed by atoms with Crippen molar-refractivity contribution < 1.29 is 22.8 Å². The molecule has 0 heterocycles. The molecule has 0 saturated heterocycles. The van der Waals surface area contributed by atoms with Crippen molar-refractivity contribution >= 4 is 11.6 Å². The van der Waals surface area contributed by atoms with Gasteiger partial charge in [-0.15, -0.1) is 0 Å².